The van der Waals surface area contributed by atoms with Crippen LogP contribution in [0.2, 0.25) is 0 Å². The van der Waals surface area contributed by atoms with Crippen molar-refractivity contribution >= 4 is 0 Å². The van der Waals surface area contributed by atoms with Gasteiger partial charge in [0.2, 0.25) is 0 Å². The van der Waals surface area contributed by atoms with Crippen LogP contribution >= 0.6 is 0 Å². The molecule has 1 aliphatic carbocycles. The highest BCUT2D eigenvalue weighted by atomic mass is 16.5. The van der Waals surface area contributed by atoms with E-state index in [0.29, 0.717) is 0 Å². The molecule has 0 bridgehead atoms. The Labute approximate surface area is 115 Å². The second-order valence-electron chi connectivity index (χ2n) is 6.31. The van der Waals surface area contributed by atoms with Gasteiger partial charge in [0, 0.05) is 18.1 Å². The van der Waals surface area contributed by atoms with Crippen LogP contribution in [0.25, 0.3) is 0 Å². The summed E-state index contributed by atoms with van der Waals surface area (Å²) < 4.78 is 5.59. The van der Waals surface area contributed by atoms with E-state index in [1.54, 1.807) is 0 Å². The van der Waals surface area contributed by atoms with Crippen LogP contribution in [0.15, 0.2) is 24.3 Å². The summed E-state index contributed by atoms with van der Waals surface area (Å²) in [5.41, 5.74) is 2.43. The molecule has 1 fully saturated rings. The van der Waals surface area contributed by atoms with Crippen molar-refractivity contribution in [3.8, 4) is 0 Å². The van der Waals surface area contributed by atoms with Gasteiger partial charge in [0.05, 0.1) is 19.3 Å². The molecule has 3 nitrogen and oxygen atoms in total. The summed E-state index contributed by atoms with van der Waals surface area (Å²) in [6, 6.07) is 8.51. The lowest BCUT2D eigenvalue weighted by Crippen LogP contribution is -2.59. The molecule has 1 aliphatic heterocycles. The number of fused-ring (bicyclic) bond motifs is 1. The zero-order valence-corrected chi connectivity index (χ0v) is 11.8. The van der Waals surface area contributed by atoms with Gasteiger partial charge in [-0.2, -0.15) is 0 Å². The van der Waals surface area contributed by atoms with E-state index in [0.717, 1.165) is 38.2 Å². The fraction of sp³-hybridized carbons (Fsp3) is 0.625. The molecular weight excluding hydrogens is 238 g/mol. The molecule has 0 saturated carbocycles. The van der Waals surface area contributed by atoms with E-state index in [-0.39, 0.29) is 17.7 Å². The number of rotatable bonds is 1. The minimum Gasteiger partial charge on any atom is -0.387 e. The Bertz CT molecular complexity index is 458. The molecule has 0 aromatic heterocycles. The van der Waals surface area contributed by atoms with E-state index in [1.807, 2.05) is 6.07 Å². The van der Waals surface area contributed by atoms with Crippen molar-refractivity contribution in [3.63, 3.8) is 0 Å². The van der Waals surface area contributed by atoms with E-state index in [2.05, 4.69) is 36.9 Å². The first-order chi connectivity index (χ1) is 9.09. The largest absolute Gasteiger partial charge is 0.387 e. The third kappa shape index (κ3) is 2.31. The van der Waals surface area contributed by atoms with Crippen LogP contribution in [0.3, 0.4) is 0 Å². The Morgan fingerprint density at radius 1 is 1.32 bits per heavy atom. The monoisotopic (exact) mass is 261 g/mol. The Kier molecular flexibility index (Phi) is 3.37. The molecule has 1 aromatic rings. The van der Waals surface area contributed by atoms with E-state index in [9.17, 15) is 5.11 Å². The molecule has 0 radical (unpaired) electrons. The SMILES string of the molecule is CC1(C)COCCN1C1CCc2ccccc2C1O. The Morgan fingerprint density at radius 3 is 2.89 bits per heavy atom. The smallest absolute Gasteiger partial charge is 0.0948 e. The third-order valence-corrected chi connectivity index (χ3v) is 4.56. The predicted octanol–water partition coefficient (Wildman–Crippen LogP) is 2.15. The molecule has 19 heavy (non-hydrogen) atoms. The maximum Gasteiger partial charge on any atom is 0.0948 e. The fourth-order valence-corrected chi connectivity index (χ4v) is 3.53. The van der Waals surface area contributed by atoms with Gasteiger partial charge >= 0.3 is 0 Å². The normalized spacial score (nSPS) is 30.9. The minimum absolute atomic E-state index is 0.0101. The summed E-state index contributed by atoms with van der Waals surface area (Å²) in [7, 11) is 0. The maximum atomic E-state index is 10.7. The lowest BCUT2D eigenvalue weighted by atomic mass is 9.83. The van der Waals surface area contributed by atoms with Crippen LogP contribution in [0.1, 0.15) is 37.5 Å². The van der Waals surface area contributed by atoms with Crippen molar-refractivity contribution in [3.05, 3.63) is 35.4 Å². The number of nitrogens with zero attached hydrogens (tertiary/aromatic N) is 1. The van der Waals surface area contributed by atoms with Gasteiger partial charge < -0.3 is 9.84 Å². The summed E-state index contributed by atoms with van der Waals surface area (Å²) in [4.78, 5) is 2.44. The maximum absolute atomic E-state index is 10.7. The lowest BCUT2D eigenvalue weighted by Gasteiger charge is -2.49. The number of benzene rings is 1. The summed E-state index contributed by atoms with van der Waals surface area (Å²) >= 11 is 0. The topological polar surface area (TPSA) is 32.7 Å². The first-order valence-electron chi connectivity index (χ1n) is 7.20. The van der Waals surface area contributed by atoms with Crippen LogP contribution in [0.4, 0.5) is 0 Å². The van der Waals surface area contributed by atoms with Gasteiger partial charge in [0.15, 0.2) is 0 Å². The van der Waals surface area contributed by atoms with Crippen LogP contribution in [0, 0.1) is 0 Å². The average Bonchev–Trinajstić information content (AvgIpc) is 2.40. The lowest BCUT2D eigenvalue weighted by molar-refractivity contribution is -0.101. The number of aryl methyl sites for hydroxylation is 1. The summed E-state index contributed by atoms with van der Waals surface area (Å²) in [6.07, 6.45) is 1.72. The number of hydrogen-bond acceptors (Lipinski definition) is 3. The van der Waals surface area contributed by atoms with Gasteiger partial charge in [-0.1, -0.05) is 24.3 Å². The molecule has 3 rings (SSSR count). The number of aliphatic hydroxyl groups excluding tert-OH is 1. The summed E-state index contributed by atoms with van der Waals surface area (Å²) in [5, 5.41) is 10.7. The second-order valence-corrected chi connectivity index (χ2v) is 6.31. The van der Waals surface area contributed by atoms with E-state index in [4.69, 9.17) is 4.74 Å². The van der Waals surface area contributed by atoms with Crippen LogP contribution < -0.4 is 0 Å². The number of ether oxygens (including phenoxy) is 1. The van der Waals surface area contributed by atoms with Gasteiger partial charge in [-0.15, -0.1) is 0 Å². The van der Waals surface area contributed by atoms with Crippen molar-refractivity contribution in [2.75, 3.05) is 19.8 Å². The van der Waals surface area contributed by atoms with Gasteiger partial charge in [0.1, 0.15) is 0 Å². The molecule has 1 N–H and O–H groups in total. The minimum atomic E-state index is -0.373. The van der Waals surface area contributed by atoms with E-state index in [1.165, 1.54) is 5.56 Å². The van der Waals surface area contributed by atoms with Crippen molar-refractivity contribution < 1.29 is 9.84 Å². The standard InChI is InChI=1S/C16H23NO2/c1-16(2)11-19-10-9-17(16)14-8-7-12-5-3-4-6-13(12)15(14)18/h3-6,14-15,18H,7-11H2,1-2H3. The van der Waals surface area contributed by atoms with Crippen molar-refractivity contribution in [1.82, 2.24) is 4.90 Å². The molecule has 2 aliphatic rings. The number of aliphatic hydroxyl groups is 1. The summed E-state index contributed by atoms with van der Waals surface area (Å²) in [5.74, 6) is 0. The van der Waals surface area contributed by atoms with Crippen LogP contribution in [-0.4, -0.2) is 41.3 Å². The molecule has 2 atom stereocenters. The van der Waals surface area contributed by atoms with Gasteiger partial charge in [-0.05, 0) is 37.8 Å². The zero-order valence-electron chi connectivity index (χ0n) is 11.8. The fourth-order valence-electron chi connectivity index (χ4n) is 3.53. The van der Waals surface area contributed by atoms with E-state index < -0.39 is 0 Å². The molecule has 0 spiro atoms. The second kappa shape index (κ2) is 4.89. The quantitative estimate of drug-likeness (QED) is 0.841. The van der Waals surface area contributed by atoms with Crippen molar-refractivity contribution in [1.29, 1.82) is 0 Å². The van der Waals surface area contributed by atoms with E-state index >= 15 is 0 Å². The average molecular weight is 261 g/mol. The molecule has 2 unspecified atom stereocenters. The number of morpholine rings is 1. The highest BCUT2D eigenvalue weighted by Gasteiger charge is 2.40. The molecule has 0 amide bonds. The molecule has 1 aromatic carbocycles. The molecular formula is C16H23NO2. The zero-order chi connectivity index (χ0) is 13.5. The molecule has 1 heterocycles. The third-order valence-electron chi connectivity index (χ3n) is 4.56. The van der Waals surface area contributed by atoms with Crippen LogP contribution in [-0.2, 0) is 11.2 Å². The predicted molar refractivity (Wildman–Crippen MR) is 75.1 cm³/mol. The summed E-state index contributed by atoms with van der Waals surface area (Å²) in [6.45, 7) is 6.85. The van der Waals surface area contributed by atoms with Crippen molar-refractivity contribution in [2.24, 2.45) is 0 Å². The Balaban J connectivity index is 1.87. The van der Waals surface area contributed by atoms with Gasteiger partial charge in [-0.3, -0.25) is 4.90 Å². The van der Waals surface area contributed by atoms with Crippen molar-refractivity contribution in [2.45, 2.75) is 44.4 Å². The highest BCUT2D eigenvalue weighted by molar-refractivity contribution is 5.32. The molecule has 104 valence electrons. The molecule has 3 heteroatoms. The van der Waals surface area contributed by atoms with Crippen LogP contribution in [0.5, 0.6) is 0 Å². The Morgan fingerprint density at radius 2 is 2.11 bits per heavy atom. The first-order valence-corrected chi connectivity index (χ1v) is 7.20. The first kappa shape index (κ1) is 13.1. The Hall–Kier alpha value is -0.900. The van der Waals surface area contributed by atoms with Gasteiger partial charge in [0.25, 0.3) is 0 Å². The highest BCUT2D eigenvalue weighted by Crippen LogP contribution is 2.36. The number of hydrogen-bond donors (Lipinski definition) is 1. The van der Waals surface area contributed by atoms with Gasteiger partial charge in [-0.25, -0.2) is 0 Å². The molecule has 1 saturated heterocycles.